The van der Waals surface area contributed by atoms with E-state index in [0.29, 0.717) is 0 Å². The van der Waals surface area contributed by atoms with E-state index < -0.39 is 0 Å². The van der Waals surface area contributed by atoms with Gasteiger partial charge in [0.05, 0.1) is 0 Å². The molecule has 0 aromatic heterocycles. The lowest BCUT2D eigenvalue weighted by molar-refractivity contribution is 0.611. The van der Waals surface area contributed by atoms with E-state index in [2.05, 4.69) is 10.6 Å². The van der Waals surface area contributed by atoms with Gasteiger partial charge in [-0.3, -0.25) is 0 Å². The van der Waals surface area contributed by atoms with Crippen molar-refractivity contribution < 1.29 is 5.02 Å². The summed E-state index contributed by atoms with van der Waals surface area (Å²) in [7, 11) is 2.95. The molecule has 0 unspecified atom stereocenters. The van der Waals surface area contributed by atoms with Gasteiger partial charge in [-0.05, 0) is 36.3 Å². The van der Waals surface area contributed by atoms with Crippen LogP contribution in [0.3, 0.4) is 0 Å². The maximum atomic E-state index is 8.98. The van der Waals surface area contributed by atoms with Crippen molar-refractivity contribution in [3.8, 4) is 0 Å². The molecule has 3 nitrogen and oxygen atoms in total. The summed E-state index contributed by atoms with van der Waals surface area (Å²) in [6, 6.07) is 0. The molecule has 1 rings (SSSR count). The van der Waals surface area contributed by atoms with Crippen LogP contribution in [0.15, 0.2) is 35.1 Å². The van der Waals surface area contributed by atoms with E-state index in [9.17, 15) is 0 Å². The second-order valence-corrected chi connectivity index (χ2v) is 2.91. The summed E-state index contributed by atoms with van der Waals surface area (Å²) in [6.07, 6.45) is 5.66. The highest BCUT2D eigenvalue weighted by Gasteiger charge is 2.08. The highest BCUT2D eigenvalue weighted by atomic mass is 16.2. The van der Waals surface area contributed by atoms with Crippen LogP contribution in [0.5, 0.6) is 0 Å². The van der Waals surface area contributed by atoms with Crippen LogP contribution in [0.4, 0.5) is 0 Å². The van der Waals surface area contributed by atoms with Crippen molar-refractivity contribution in [2.24, 2.45) is 0 Å². The molecule has 1 heterocycles. The van der Waals surface area contributed by atoms with E-state index in [0.717, 1.165) is 30.8 Å². The average Bonchev–Trinajstić information content (AvgIpc) is 2.54. The van der Waals surface area contributed by atoms with Gasteiger partial charge in [-0.1, -0.05) is 0 Å². The minimum atomic E-state index is 0.784. The van der Waals surface area contributed by atoms with Crippen molar-refractivity contribution in [1.29, 1.82) is 0 Å². The summed E-state index contributed by atoms with van der Waals surface area (Å²) >= 11 is 0. The zero-order chi connectivity index (χ0) is 9.68. The SMILES string of the molecule is CN/C=C\C([B]O)=C1\C=C(C)NC1. The molecule has 0 amide bonds. The normalized spacial score (nSPS) is 19.8. The first-order valence-corrected chi connectivity index (χ1v) is 4.24. The molecule has 0 fully saturated rings. The molecule has 0 aliphatic carbocycles. The number of hydrogen-bond acceptors (Lipinski definition) is 3. The van der Waals surface area contributed by atoms with E-state index in [-0.39, 0.29) is 0 Å². The summed E-state index contributed by atoms with van der Waals surface area (Å²) in [5.41, 5.74) is 3.07. The number of nitrogens with one attached hydrogen (secondary N) is 2. The van der Waals surface area contributed by atoms with Gasteiger partial charge in [0.25, 0.3) is 0 Å². The van der Waals surface area contributed by atoms with Crippen molar-refractivity contribution in [1.82, 2.24) is 10.6 Å². The molecule has 0 aromatic carbocycles. The maximum absolute atomic E-state index is 8.98. The van der Waals surface area contributed by atoms with Gasteiger partial charge in [0, 0.05) is 19.3 Å². The molecular formula is C9H14BN2O. The van der Waals surface area contributed by atoms with Gasteiger partial charge in [-0.2, -0.15) is 0 Å². The van der Waals surface area contributed by atoms with Crippen LogP contribution < -0.4 is 10.6 Å². The Bertz CT molecular complexity index is 269. The fourth-order valence-electron chi connectivity index (χ4n) is 1.19. The first kappa shape index (κ1) is 9.93. The Balaban J connectivity index is 2.80. The lowest BCUT2D eigenvalue weighted by Crippen LogP contribution is -2.08. The van der Waals surface area contributed by atoms with Gasteiger partial charge in [0.15, 0.2) is 0 Å². The smallest absolute Gasteiger partial charge is 0.327 e. The molecule has 0 bridgehead atoms. The van der Waals surface area contributed by atoms with E-state index in [1.54, 1.807) is 6.20 Å². The number of hydrogen-bond donors (Lipinski definition) is 3. The molecule has 3 N–H and O–H groups in total. The van der Waals surface area contributed by atoms with Crippen LogP contribution >= 0.6 is 0 Å². The molecule has 69 valence electrons. The predicted molar refractivity (Wildman–Crippen MR) is 55.0 cm³/mol. The Morgan fingerprint density at radius 1 is 1.77 bits per heavy atom. The Morgan fingerprint density at radius 3 is 3.00 bits per heavy atom. The summed E-state index contributed by atoms with van der Waals surface area (Å²) in [5, 5.41) is 15.0. The number of rotatable bonds is 3. The largest absolute Gasteiger partial charge is 0.450 e. The molecule has 0 spiro atoms. The molecular weight excluding hydrogens is 163 g/mol. The lowest BCUT2D eigenvalue weighted by atomic mass is 9.84. The second kappa shape index (κ2) is 4.77. The highest BCUT2D eigenvalue weighted by molar-refractivity contribution is 6.38. The minimum absolute atomic E-state index is 0.784. The molecule has 0 saturated carbocycles. The highest BCUT2D eigenvalue weighted by Crippen LogP contribution is 2.12. The zero-order valence-electron chi connectivity index (χ0n) is 7.96. The van der Waals surface area contributed by atoms with E-state index in [1.807, 2.05) is 26.1 Å². The molecule has 0 saturated heterocycles. The van der Waals surface area contributed by atoms with Gasteiger partial charge in [0.2, 0.25) is 0 Å². The van der Waals surface area contributed by atoms with Crippen molar-refractivity contribution in [3.05, 3.63) is 35.1 Å². The molecule has 1 aliphatic heterocycles. The standard InChI is InChI=1S/C9H14BN2O/c1-7-5-8(6-12-7)9(10-13)3-4-11-2/h3-5,11-13H,6H2,1-2H3/b4-3-,9-8+. The van der Waals surface area contributed by atoms with Crippen molar-refractivity contribution in [2.75, 3.05) is 13.6 Å². The monoisotopic (exact) mass is 177 g/mol. The average molecular weight is 177 g/mol. The Labute approximate surface area is 79.5 Å². The Hall–Kier alpha value is -1.16. The first-order chi connectivity index (χ1) is 6.27. The third-order valence-electron chi connectivity index (χ3n) is 1.89. The minimum Gasteiger partial charge on any atom is -0.450 e. The molecule has 4 heteroatoms. The van der Waals surface area contributed by atoms with Crippen molar-refractivity contribution in [2.45, 2.75) is 6.92 Å². The second-order valence-electron chi connectivity index (χ2n) is 2.91. The third-order valence-corrected chi connectivity index (χ3v) is 1.89. The van der Waals surface area contributed by atoms with Gasteiger partial charge >= 0.3 is 7.48 Å². The van der Waals surface area contributed by atoms with E-state index in [4.69, 9.17) is 5.02 Å². The molecule has 13 heavy (non-hydrogen) atoms. The molecule has 1 aliphatic rings. The first-order valence-electron chi connectivity index (χ1n) is 4.24. The fraction of sp³-hybridized carbons (Fsp3) is 0.333. The van der Waals surface area contributed by atoms with Crippen molar-refractivity contribution >= 4 is 7.48 Å². The van der Waals surface area contributed by atoms with Crippen LogP contribution in [0.1, 0.15) is 6.92 Å². The van der Waals surface area contributed by atoms with Crippen LogP contribution in [-0.2, 0) is 0 Å². The molecule has 0 atom stereocenters. The summed E-state index contributed by atoms with van der Waals surface area (Å²) in [5.74, 6) is 0. The van der Waals surface area contributed by atoms with E-state index >= 15 is 0 Å². The Kier molecular flexibility index (Phi) is 3.64. The third kappa shape index (κ3) is 2.66. The van der Waals surface area contributed by atoms with Gasteiger partial charge in [0.1, 0.15) is 0 Å². The van der Waals surface area contributed by atoms with E-state index in [1.165, 1.54) is 0 Å². The predicted octanol–water partition coefficient (Wildman–Crippen LogP) is 0.0921. The number of allylic oxidation sites excluding steroid dienone is 3. The summed E-state index contributed by atoms with van der Waals surface area (Å²) in [4.78, 5) is 0. The van der Waals surface area contributed by atoms with Crippen LogP contribution in [-0.4, -0.2) is 26.1 Å². The zero-order valence-corrected chi connectivity index (χ0v) is 7.96. The Morgan fingerprint density at radius 2 is 2.54 bits per heavy atom. The fourth-order valence-corrected chi connectivity index (χ4v) is 1.19. The van der Waals surface area contributed by atoms with Gasteiger partial charge in [-0.15, -0.1) is 0 Å². The summed E-state index contributed by atoms with van der Waals surface area (Å²) in [6.45, 7) is 2.79. The lowest BCUT2D eigenvalue weighted by Gasteiger charge is -2.00. The van der Waals surface area contributed by atoms with Crippen LogP contribution in [0.2, 0.25) is 0 Å². The molecule has 1 radical (unpaired) electrons. The van der Waals surface area contributed by atoms with Crippen molar-refractivity contribution in [3.63, 3.8) is 0 Å². The topological polar surface area (TPSA) is 44.3 Å². The molecule has 0 aromatic rings. The summed E-state index contributed by atoms with van der Waals surface area (Å²) < 4.78 is 0. The van der Waals surface area contributed by atoms with Crippen LogP contribution in [0.25, 0.3) is 0 Å². The quantitative estimate of drug-likeness (QED) is 0.535. The van der Waals surface area contributed by atoms with Gasteiger partial charge < -0.3 is 15.7 Å². The van der Waals surface area contributed by atoms with Gasteiger partial charge in [-0.25, -0.2) is 0 Å². The maximum Gasteiger partial charge on any atom is 0.327 e. The van der Waals surface area contributed by atoms with Crippen LogP contribution in [0, 0.1) is 0 Å².